The minimum absolute atomic E-state index is 0.0266. The molecule has 164 valence electrons. The third-order valence-corrected chi connectivity index (χ3v) is 6.44. The summed E-state index contributed by atoms with van der Waals surface area (Å²) in [6, 6.07) is 6.72. The first-order valence-electron chi connectivity index (χ1n) is 10.0. The molecule has 1 saturated heterocycles. The van der Waals surface area contributed by atoms with Crippen molar-refractivity contribution in [3.8, 4) is 0 Å². The molecule has 1 aromatic rings. The predicted octanol–water partition coefficient (Wildman–Crippen LogP) is 1.48. The molecule has 3 rings (SSSR count). The van der Waals surface area contributed by atoms with E-state index in [1.165, 1.54) is 7.11 Å². The van der Waals surface area contributed by atoms with Crippen LogP contribution in [0.5, 0.6) is 0 Å². The first-order chi connectivity index (χ1) is 14.4. The van der Waals surface area contributed by atoms with E-state index >= 15 is 0 Å². The second kappa shape index (κ2) is 10.0. The van der Waals surface area contributed by atoms with Gasteiger partial charge >= 0.3 is 5.97 Å². The summed E-state index contributed by atoms with van der Waals surface area (Å²) >= 11 is 0. The van der Waals surface area contributed by atoms with Crippen molar-refractivity contribution in [2.75, 3.05) is 33.4 Å². The van der Waals surface area contributed by atoms with E-state index in [9.17, 15) is 13.2 Å². The zero-order chi connectivity index (χ0) is 21.6. The molecule has 0 saturated carbocycles. The van der Waals surface area contributed by atoms with Gasteiger partial charge in [0.05, 0.1) is 25.2 Å². The second-order valence-corrected chi connectivity index (χ2v) is 8.97. The van der Waals surface area contributed by atoms with Gasteiger partial charge in [0.15, 0.2) is 0 Å². The molecule has 2 heterocycles. The van der Waals surface area contributed by atoms with Crippen LogP contribution in [0, 0.1) is 6.92 Å². The lowest BCUT2D eigenvalue weighted by Gasteiger charge is -2.30. The topological polar surface area (TPSA) is 110 Å². The molecule has 1 unspecified atom stereocenters. The van der Waals surface area contributed by atoms with E-state index in [0.717, 1.165) is 12.0 Å². The number of nitrogens with zero attached hydrogens (tertiary/aromatic N) is 3. The van der Waals surface area contributed by atoms with E-state index < -0.39 is 16.0 Å². The van der Waals surface area contributed by atoms with Gasteiger partial charge in [0, 0.05) is 32.0 Å². The molecule has 1 aromatic carbocycles. The van der Waals surface area contributed by atoms with Crippen molar-refractivity contribution in [2.24, 2.45) is 9.50 Å². The van der Waals surface area contributed by atoms with E-state index in [1.807, 2.05) is 11.8 Å². The lowest BCUT2D eigenvalue weighted by atomic mass is 10.0. The summed E-state index contributed by atoms with van der Waals surface area (Å²) in [4.78, 5) is 13.7. The number of amidine groups is 1. The van der Waals surface area contributed by atoms with Crippen LogP contribution >= 0.6 is 0 Å². The molecule has 0 spiro atoms. The van der Waals surface area contributed by atoms with Gasteiger partial charge in [-0.15, -0.1) is 4.40 Å². The molecule has 1 atom stereocenters. The first-order valence-corrected chi connectivity index (χ1v) is 11.5. The smallest absolute Gasteiger partial charge is 0.354 e. The van der Waals surface area contributed by atoms with Crippen molar-refractivity contribution in [1.82, 2.24) is 10.3 Å². The number of hydrogen-bond acceptors (Lipinski definition) is 7. The zero-order valence-electron chi connectivity index (χ0n) is 17.3. The summed E-state index contributed by atoms with van der Waals surface area (Å²) in [7, 11) is -2.46. The molecule has 10 heteroatoms. The number of carbonyl (C=O) groups is 1. The van der Waals surface area contributed by atoms with Crippen molar-refractivity contribution in [2.45, 2.75) is 43.5 Å². The number of hydrazone groups is 1. The van der Waals surface area contributed by atoms with Crippen molar-refractivity contribution in [1.29, 1.82) is 0 Å². The van der Waals surface area contributed by atoms with Crippen LogP contribution < -0.4 is 5.43 Å². The van der Waals surface area contributed by atoms with Gasteiger partial charge in [-0.05, 0) is 31.9 Å². The highest BCUT2D eigenvalue weighted by molar-refractivity contribution is 7.90. The minimum atomic E-state index is -3.79. The Bertz CT molecular complexity index is 906. The molecule has 9 nitrogen and oxygen atoms in total. The van der Waals surface area contributed by atoms with Crippen molar-refractivity contribution in [3.05, 3.63) is 29.8 Å². The quantitative estimate of drug-likeness (QED) is 0.392. The average Bonchev–Trinajstić information content (AvgIpc) is 3.22. The van der Waals surface area contributed by atoms with Crippen LogP contribution in [0.1, 0.15) is 31.2 Å². The lowest BCUT2D eigenvalue weighted by Crippen LogP contribution is -2.41. The highest BCUT2D eigenvalue weighted by Gasteiger charge is 2.25. The molecule has 0 radical (unpaired) electrons. The fraction of sp³-hybridized carbons (Fsp3) is 0.550. The fourth-order valence-electron chi connectivity index (χ4n) is 3.40. The molecule has 1 N–H and O–H groups in total. The number of aryl methyl sites for hydroxylation is 1. The van der Waals surface area contributed by atoms with Gasteiger partial charge in [-0.1, -0.05) is 17.7 Å². The highest BCUT2D eigenvalue weighted by Crippen LogP contribution is 2.18. The highest BCUT2D eigenvalue weighted by atomic mass is 32.2. The number of esters is 1. The summed E-state index contributed by atoms with van der Waals surface area (Å²) in [6.07, 6.45) is 2.45. The predicted molar refractivity (Wildman–Crippen MR) is 113 cm³/mol. The van der Waals surface area contributed by atoms with E-state index in [-0.39, 0.29) is 10.9 Å². The molecular formula is C20H28N4O5S. The van der Waals surface area contributed by atoms with Crippen molar-refractivity contribution in [3.63, 3.8) is 0 Å². The molecule has 30 heavy (non-hydrogen) atoms. The van der Waals surface area contributed by atoms with Gasteiger partial charge < -0.3 is 19.8 Å². The maximum Gasteiger partial charge on any atom is 0.354 e. The summed E-state index contributed by atoms with van der Waals surface area (Å²) < 4.78 is 40.0. The second-order valence-electron chi connectivity index (χ2n) is 7.37. The Morgan fingerprint density at radius 3 is 2.67 bits per heavy atom. The molecule has 1 fully saturated rings. The van der Waals surface area contributed by atoms with Gasteiger partial charge in [0.2, 0.25) is 0 Å². The largest absolute Gasteiger partial charge is 0.464 e. The summed E-state index contributed by atoms with van der Waals surface area (Å²) in [6.45, 7) is 4.22. The van der Waals surface area contributed by atoms with Crippen LogP contribution in [0.2, 0.25) is 0 Å². The molecule has 0 bridgehead atoms. The number of hydrogen-bond donors (Lipinski definition) is 1. The van der Waals surface area contributed by atoms with Gasteiger partial charge in [-0.25, -0.2) is 4.79 Å². The maximum atomic E-state index is 12.8. The number of morpholine rings is 1. The van der Waals surface area contributed by atoms with E-state index in [4.69, 9.17) is 9.47 Å². The maximum absolute atomic E-state index is 12.8. The Morgan fingerprint density at radius 2 is 2.00 bits per heavy atom. The van der Waals surface area contributed by atoms with Crippen molar-refractivity contribution >= 4 is 27.5 Å². The van der Waals surface area contributed by atoms with Gasteiger partial charge in [0.1, 0.15) is 11.5 Å². The Kier molecular flexibility index (Phi) is 7.43. The number of methoxy groups -OCH3 is 1. The number of benzene rings is 1. The zero-order valence-corrected chi connectivity index (χ0v) is 18.2. The molecule has 2 aliphatic heterocycles. The Labute approximate surface area is 177 Å². The molecular weight excluding hydrogens is 408 g/mol. The average molecular weight is 437 g/mol. The monoisotopic (exact) mass is 436 g/mol. The molecule has 0 aromatic heterocycles. The van der Waals surface area contributed by atoms with E-state index in [0.29, 0.717) is 57.1 Å². The van der Waals surface area contributed by atoms with Crippen LogP contribution in [0.3, 0.4) is 0 Å². The summed E-state index contributed by atoms with van der Waals surface area (Å²) in [5, 5.41) is 4.02. The van der Waals surface area contributed by atoms with Crippen LogP contribution in [-0.4, -0.2) is 70.3 Å². The van der Waals surface area contributed by atoms with Crippen LogP contribution in [0.25, 0.3) is 0 Å². The third-order valence-electron chi connectivity index (χ3n) is 5.12. The SMILES string of the molecule is COC(=O)C1=NNC(CCC/C(=N\S(=O)(=O)c2ccc(C)cc2)N2CCOCC2)C1. The number of carbonyl (C=O) groups excluding carboxylic acids is 1. The summed E-state index contributed by atoms with van der Waals surface area (Å²) in [5.41, 5.74) is 4.32. The lowest BCUT2D eigenvalue weighted by molar-refractivity contribution is -0.132. The Hall–Kier alpha value is -2.46. The Balaban J connectivity index is 1.66. The first kappa shape index (κ1) is 22.2. The minimum Gasteiger partial charge on any atom is -0.464 e. The standard InChI is InChI=1S/C20H28N4O5S/c1-15-6-8-17(9-7-15)30(26,27)23-19(24-10-12-29-13-11-24)5-3-4-16-14-18(22-21-16)20(25)28-2/h6-9,16,21H,3-5,10-14H2,1-2H3/b23-19+. The van der Waals surface area contributed by atoms with Crippen LogP contribution in [-0.2, 0) is 24.3 Å². The van der Waals surface area contributed by atoms with E-state index in [1.54, 1.807) is 24.3 Å². The fourth-order valence-corrected chi connectivity index (χ4v) is 4.47. The number of nitrogens with one attached hydrogen (secondary N) is 1. The molecule has 0 amide bonds. The van der Waals surface area contributed by atoms with Crippen LogP contribution in [0.15, 0.2) is 38.7 Å². The number of ether oxygens (including phenoxy) is 2. The van der Waals surface area contributed by atoms with Gasteiger partial charge in [-0.3, -0.25) is 0 Å². The Morgan fingerprint density at radius 1 is 1.30 bits per heavy atom. The normalized spacial score (nSPS) is 19.9. The number of sulfonamides is 1. The van der Waals surface area contributed by atoms with E-state index in [2.05, 4.69) is 14.9 Å². The van der Waals surface area contributed by atoms with Gasteiger partial charge in [0.25, 0.3) is 10.0 Å². The summed E-state index contributed by atoms with van der Waals surface area (Å²) in [5.74, 6) is 0.121. The third kappa shape index (κ3) is 5.79. The van der Waals surface area contributed by atoms with Gasteiger partial charge in [-0.2, -0.15) is 13.5 Å². The van der Waals surface area contributed by atoms with Crippen LogP contribution in [0.4, 0.5) is 0 Å². The molecule has 0 aliphatic carbocycles. The number of rotatable bonds is 7. The molecule has 2 aliphatic rings. The van der Waals surface area contributed by atoms with Crippen molar-refractivity contribution < 1.29 is 22.7 Å².